The molecular formula is C22H20N7O7S+. The fraction of sp³-hybridized carbons (Fsp3) is 0.227. The average Bonchev–Trinajstić information content (AvgIpc) is 3.31. The third-order valence-electron chi connectivity index (χ3n) is 5.79. The number of rotatable bonds is 7. The molecule has 1 aromatic carbocycles. The van der Waals surface area contributed by atoms with Gasteiger partial charge in [-0.2, -0.15) is 9.55 Å². The molecule has 5 rings (SSSR count). The number of nitrogens with one attached hydrogen (secondary N) is 1. The zero-order valence-electron chi connectivity index (χ0n) is 19.2. The second-order valence-electron chi connectivity index (χ2n) is 8.10. The van der Waals surface area contributed by atoms with Gasteiger partial charge >= 0.3 is 12.0 Å². The number of amides is 2. The van der Waals surface area contributed by atoms with Gasteiger partial charge in [-0.25, -0.2) is 4.79 Å². The Hall–Kier alpha value is -4.66. The molecule has 3 aromatic rings. The topological polar surface area (TPSA) is 197 Å². The van der Waals surface area contributed by atoms with Crippen LogP contribution >= 0.6 is 11.8 Å². The van der Waals surface area contributed by atoms with Gasteiger partial charge in [0.25, 0.3) is 11.8 Å². The number of nitrogen functional groups attached to an aromatic ring is 1. The van der Waals surface area contributed by atoms with Crippen LogP contribution in [0.25, 0.3) is 10.8 Å². The van der Waals surface area contributed by atoms with E-state index in [2.05, 4.69) is 30.0 Å². The third-order valence-corrected chi connectivity index (χ3v) is 7.13. The Balaban J connectivity index is 1.38. The summed E-state index contributed by atoms with van der Waals surface area (Å²) in [6, 6.07) is 5.95. The summed E-state index contributed by atoms with van der Waals surface area (Å²) in [7, 11) is 1.21. The highest BCUT2D eigenvalue weighted by molar-refractivity contribution is 8.00. The molecule has 4 heterocycles. The van der Waals surface area contributed by atoms with Crippen LogP contribution in [0.2, 0.25) is 0 Å². The number of carbonyl (C=O) groups excluding carboxylic acids is 2. The summed E-state index contributed by atoms with van der Waals surface area (Å²) in [5.74, 6) is -2.60. The minimum absolute atomic E-state index is 0.0524. The van der Waals surface area contributed by atoms with Crippen LogP contribution in [-0.4, -0.2) is 73.0 Å². The van der Waals surface area contributed by atoms with Crippen LogP contribution in [0, 0.1) is 0 Å². The molecule has 0 radical (unpaired) electrons. The van der Waals surface area contributed by atoms with Crippen LogP contribution in [0.1, 0.15) is 5.82 Å². The van der Waals surface area contributed by atoms with E-state index in [9.17, 15) is 24.6 Å². The Morgan fingerprint density at radius 1 is 1.38 bits per heavy atom. The number of hydrogen-bond acceptors (Lipinski definition) is 11. The lowest BCUT2D eigenvalue weighted by atomic mass is 10.0. The standard InChI is InChI=1S/C22H19N7O7S/c1-35-26-14(17-25-22(23)36-27-17)18(31)24-15-19(32)29-16(21(33)34)11(9-37-20(15)29)7-28-6-10-4-2-3-5-12(10)13(30)8-28/h2-6,8,15,20H,7,9H2,1H3,(H4-,23,24,25,27,30,31,33,34)/p+1/b26-14-/t15?,20-/m1/s1. The van der Waals surface area contributed by atoms with Gasteiger partial charge in [0.15, 0.2) is 18.5 Å². The molecule has 1 unspecified atom stereocenters. The molecule has 15 heteroatoms. The van der Waals surface area contributed by atoms with Gasteiger partial charge < -0.3 is 30.6 Å². The number of anilines is 1. The first kappa shape index (κ1) is 24.1. The smallest absolute Gasteiger partial charge is 0.352 e. The van der Waals surface area contributed by atoms with E-state index in [0.29, 0.717) is 11.0 Å². The van der Waals surface area contributed by atoms with Crippen molar-refractivity contribution in [2.45, 2.75) is 18.0 Å². The maximum absolute atomic E-state index is 13.0. The molecule has 2 aromatic heterocycles. The summed E-state index contributed by atoms with van der Waals surface area (Å²) >= 11 is 1.30. The van der Waals surface area contributed by atoms with E-state index in [1.54, 1.807) is 16.8 Å². The van der Waals surface area contributed by atoms with Gasteiger partial charge in [0, 0.05) is 22.1 Å². The van der Waals surface area contributed by atoms with E-state index in [1.165, 1.54) is 25.1 Å². The molecule has 0 spiro atoms. The molecule has 0 bridgehead atoms. The van der Waals surface area contributed by atoms with Crippen molar-refractivity contribution in [3.05, 3.63) is 53.8 Å². The largest absolute Gasteiger partial charge is 0.502 e. The van der Waals surface area contributed by atoms with Gasteiger partial charge in [-0.1, -0.05) is 28.5 Å². The molecule has 1 fully saturated rings. The Morgan fingerprint density at radius 3 is 2.86 bits per heavy atom. The summed E-state index contributed by atoms with van der Waals surface area (Å²) in [6.07, 6.45) is 3.30. The first-order valence-corrected chi connectivity index (χ1v) is 11.9. The molecule has 2 atom stereocenters. The molecule has 37 heavy (non-hydrogen) atoms. The van der Waals surface area contributed by atoms with Crippen LogP contribution in [0.3, 0.4) is 0 Å². The van der Waals surface area contributed by atoms with Crippen molar-refractivity contribution in [1.82, 2.24) is 20.4 Å². The quantitative estimate of drug-likeness (QED) is 0.135. The number of hydrogen-bond donors (Lipinski definition) is 4. The maximum atomic E-state index is 13.0. The highest BCUT2D eigenvalue weighted by Gasteiger charge is 2.55. The second kappa shape index (κ2) is 9.42. The minimum Gasteiger partial charge on any atom is -0.502 e. The first-order valence-electron chi connectivity index (χ1n) is 10.8. The van der Waals surface area contributed by atoms with E-state index in [1.807, 2.05) is 18.2 Å². The molecular weight excluding hydrogens is 506 g/mol. The normalized spacial score (nSPS) is 19.4. The van der Waals surface area contributed by atoms with E-state index >= 15 is 0 Å². The number of aliphatic carboxylic acids is 1. The fourth-order valence-electron chi connectivity index (χ4n) is 4.22. The summed E-state index contributed by atoms with van der Waals surface area (Å²) in [4.78, 5) is 47.6. The second-order valence-corrected chi connectivity index (χ2v) is 9.20. The molecule has 2 aliphatic heterocycles. The SMILES string of the molecule is CO/N=C(\C(=O)NC1C(=O)N2C(C(=O)O)=C(C[n+]3cc(O)c4ccccc4c3)CS[C@H]12)c1noc(N)n1. The number of carboxylic acids is 1. The minimum atomic E-state index is -1.27. The Bertz CT molecular complexity index is 1500. The predicted molar refractivity (Wildman–Crippen MR) is 128 cm³/mol. The lowest BCUT2D eigenvalue weighted by Gasteiger charge is -2.49. The summed E-state index contributed by atoms with van der Waals surface area (Å²) in [5.41, 5.74) is 5.36. The van der Waals surface area contributed by atoms with Crippen LogP contribution < -0.4 is 15.6 Å². The number of β-lactam (4-membered cyclic amide) rings is 1. The van der Waals surface area contributed by atoms with Crippen molar-refractivity contribution in [3.63, 3.8) is 0 Å². The van der Waals surface area contributed by atoms with E-state index in [0.717, 1.165) is 10.3 Å². The molecule has 0 saturated carbocycles. The van der Waals surface area contributed by atoms with Crippen molar-refractivity contribution in [3.8, 4) is 5.75 Å². The number of carbonyl (C=O) groups is 3. The number of nitrogens with two attached hydrogens (primary N) is 1. The van der Waals surface area contributed by atoms with Gasteiger partial charge in [0.05, 0.1) is 0 Å². The van der Waals surface area contributed by atoms with Crippen LogP contribution in [0.4, 0.5) is 6.01 Å². The number of nitrogens with zero attached hydrogens (tertiary/aromatic N) is 5. The third kappa shape index (κ3) is 4.29. The summed E-state index contributed by atoms with van der Waals surface area (Å²) < 4.78 is 6.33. The number of thioether (sulfide) groups is 1. The number of fused-ring (bicyclic) bond motifs is 2. The van der Waals surface area contributed by atoms with Crippen LogP contribution in [0.5, 0.6) is 5.75 Å². The summed E-state index contributed by atoms with van der Waals surface area (Å²) in [6.45, 7) is 0.143. The molecule has 5 N–H and O–H groups in total. The Labute approximate surface area is 212 Å². The molecule has 1 saturated heterocycles. The monoisotopic (exact) mass is 526 g/mol. The summed E-state index contributed by atoms with van der Waals surface area (Å²) in [5, 5.41) is 30.8. The van der Waals surface area contributed by atoms with E-state index in [4.69, 9.17) is 5.73 Å². The lowest BCUT2D eigenvalue weighted by molar-refractivity contribution is -0.688. The maximum Gasteiger partial charge on any atom is 0.352 e. The van der Waals surface area contributed by atoms with E-state index < -0.39 is 29.2 Å². The van der Waals surface area contributed by atoms with Crippen LogP contribution in [-0.2, 0) is 25.8 Å². The number of carboxylic acid groups (broad SMARTS) is 1. The molecule has 14 nitrogen and oxygen atoms in total. The first-order chi connectivity index (χ1) is 17.8. The van der Waals surface area contributed by atoms with Crippen molar-refractivity contribution >= 4 is 52.0 Å². The average molecular weight is 527 g/mol. The zero-order chi connectivity index (χ0) is 26.3. The zero-order valence-corrected chi connectivity index (χ0v) is 20.0. The number of aromatic nitrogens is 3. The number of pyridine rings is 1. The van der Waals surface area contributed by atoms with Gasteiger partial charge in [-0.05, 0) is 6.07 Å². The molecule has 0 aliphatic carbocycles. The van der Waals surface area contributed by atoms with E-state index in [-0.39, 0.29) is 41.3 Å². The molecule has 190 valence electrons. The van der Waals surface area contributed by atoms with Crippen LogP contribution in [0.15, 0.2) is 57.6 Å². The highest BCUT2D eigenvalue weighted by atomic mass is 32.2. The number of benzene rings is 1. The Kier molecular flexibility index (Phi) is 6.12. The van der Waals surface area contributed by atoms with Crippen molar-refractivity contribution < 1.29 is 38.5 Å². The van der Waals surface area contributed by atoms with Crippen molar-refractivity contribution in [2.75, 3.05) is 18.6 Å². The fourth-order valence-corrected chi connectivity index (χ4v) is 5.55. The van der Waals surface area contributed by atoms with Crippen molar-refractivity contribution in [1.29, 1.82) is 0 Å². The van der Waals surface area contributed by atoms with Gasteiger partial charge in [0.2, 0.25) is 17.7 Å². The number of oxime groups is 1. The number of aromatic hydroxyl groups is 1. The highest BCUT2D eigenvalue weighted by Crippen LogP contribution is 2.40. The molecule has 2 amide bonds. The van der Waals surface area contributed by atoms with Gasteiger partial charge in [0.1, 0.15) is 24.2 Å². The van der Waals surface area contributed by atoms with Crippen molar-refractivity contribution in [2.24, 2.45) is 5.16 Å². The Morgan fingerprint density at radius 2 is 2.16 bits per heavy atom. The lowest BCUT2D eigenvalue weighted by Crippen LogP contribution is -2.71. The predicted octanol–water partition coefficient (Wildman–Crippen LogP) is -0.413. The van der Waals surface area contributed by atoms with Gasteiger partial charge in [-0.3, -0.25) is 14.5 Å². The molecule has 2 aliphatic rings. The van der Waals surface area contributed by atoms with Gasteiger partial charge in [-0.15, -0.1) is 11.8 Å².